The van der Waals surface area contributed by atoms with Crippen molar-refractivity contribution in [3.05, 3.63) is 71.0 Å². The molecule has 0 aromatic heterocycles. The van der Waals surface area contributed by atoms with Gasteiger partial charge in [0.25, 0.3) is 5.91 Å². The summed E-state index contributed by atoms with van der Waals surface area (Å²) in [6, 6.07) is 10.7. The van der Waals surface area contributed by atoms with Crippen LogP contribution in [0, 0.1) is 17.5 Å². The quantitative estimate of drug-likeness (QED) is 0.799. The van der Waals surface area contributed by atoms with Crippen molar-refractivity contribution in [3.63, 3.8) is 0 Å². The Balaban J connectivity index is 2.01. The van der Waals surface area contributed by atoms with Gasteiger partial charge in [0.1, 0.15) is 0 Å². The number of rotatable bonds is 6. The lowest BCUT2D eigenvalue weighted by molar-refractivity contribution is -0.130. The number of nitrogens with one attached hydrogen (secondary N) is 1. The number of amides is 2. The average molecular weight is 364 g/mol. The van der Waals surface area contributed by atoms with Gasteiger partial charge < -0.3 is 10.2 Å². The number of nitrogens with zero attached hydrogens (tertiary/aromatic N) is 1. The molecule has 2 rings (SSSR count). The molecule has 0 bridgehead atoms. The van der Waals surface area contributed by atoms with Crippen LogP contribution in [0.2, 0.25) is 0 Å². The van der Waals surface area contributed by atoms with E-state index in [2.05, 4.69) is 5.32 Å². The van der Waals surface area contributed by atoms with Gasteiger partial charge in [-0.15, -0.1) is 0 Å². The Morgan fingerprint density at radius 2 is 1.69 bits per heavy atom. The molecule has 0 saturated heterocycles. The minimum atomic E-state index is -1.69. The highest BCUT2D eigenvalue weighted by Gasteiger charge is 2.20. The molecule has 138 valence electrons. The summed E-state index contributed by atoms with van der Waals surface area (Å²) in [5, 5.41) is 2.42. The minimum Gasteiger partial charge on any atom is -0.350 e. The first-order valence-electron chi connectivity index (χ1n) is 8.06. The van der Waals surface area contributed by atoms with Gasteiger partial charge in [0.05, 0.1) is 11.6 Å². The number of halogens is 3. The van der Waals surface area contributed by atoms with Crippen molar-refractivity contribution in [2.45, 2.75) is 19.9 Å². The van der Waals surface area contributed by atoms with Crippen LogP contribution in [0.25, 0.3) is 0 Å². The second-order valence-corrected chi connectivity index (χ2v) is 5.78. The fourth-order valence-electron chi connectivity index (χ4n) is 2.62. The molecule has 0 aliphatic carbocycles. The molecule has 26 heavy (non-hydrogen) atoms. The molecule has 0 spiro atoms. The van der Waals surface area contributed by atoms with E-state index in [0.29, 0.717) is 6.07 Å². The molecule has 0 aliphatic heterocycles. The number of carbonyl (C=O) groups is 2. The van der Waals surface area contributed by atoms with E-state index in [9.17, 15) is 22.8 Å². The fourth-order valence-corrected chi connectivity index (χ4v) is 2.62. The summed E-state index contributed by atoms with van der Waals surface area (Å²) in [5.41, 5.74) is 0.343. The number of carbonyl (C=O) groups excluding carboxylic acids is 2. The van der Waals surface area contributed by atoms with Crippen molar-refractivity contribution in [1.82, 2.24) is 10.2 Å². The van der Waals surface area contributed by atoms with E-state index >= 15 is 0 Å². The zero-order valence-electron chi connectivity index (χ0n) is 14.4. The van der Waals surface area contributed by atoms with Crippen LogP contribution in [-0.2, 0) is 4.79 Å². The number of hydrogen-bond acceptors (Lipinski definition) is 2. The largest absolute Gasteiger partial charge is 0.350 e. The molecule has 0 aliphatic rings. The van der Waals surface area contributed by atoms with Crippen molar-refractivity contribution in [2.75, 3.05) is 13.1 Å². The normalized spacial score (nSPS) is 11.7. The van der Waals surface area contributed by atoms with Crippen molar-refractivity contribution in [1.29, 1.82) is 0 Å². The molecule has 2 aromatic carbocycles. The zero-order chi connectivity index (χ0) is 19.3. The Kier molecular flexibility index (Phi) is 6.38. The molecule has 1 unspecified atom stereocenters. The van der Waals surface area contributed by atoms with E-state index in [-0.39, 0.29) is 25.0 Å². The SMILES string of the molecule is CC(=O)N(CCNC(=O)c1ccc(F)c(F)c1F)C(C)c1ccccc1. The average Bonchev–Trinajstić information content (AvgIpc) is 2.63. The van der Waals surface area contributed by atoms with Crippen molar-refractivity contribution < 1.29 is 22.8 Å². The zero-order valence-corrected chi connectivity index (χ0v) is 14.4. The van der Waals surface area contributed by atoms with Crippen LogP contribution in [0.4, 0.5) is 13.2 Å². The Morgan fingerprint density at radius 3 is 2.31 bits per heavy atom. The predicted molar refractivity (Wildman–Crippen MR) is 90.9 cm³/mol. The summed E-state index contributed by atoms with van der Waals surface area (Å²) in [4.78, 5) is 25.4. The van der Waals surface area contributed by atoms with Gasteiger partial charge in [0.2, 0.25) is 5.91 Å². The van der Waals surface area contributed by atoms with E-state index in [0.717, 1.165) is 11.6 Å². The summed E-state index contributed by atoms with van der Waals surface area (Å²) in [6.45, 7) is 3.49. The number of hydrogen-bond donors (Lipinski definition) is 1. The second kappa shape index (κ2) is 8.51. The maximum Gasteiger partial charge on any atom is 0.254 e. The lowest BCUT2D eigenvalue weighted by atomic mass is 10.1. The molecular weight excluding hydrogens is 345 g/mol. The van der Waals surface area contributed by atoms with Crippen LogP contribution in [0.3, 0.4) is 0 Å². The van der Waals surface area contributed by atoms with Crippen LogP contribution in [0.5, 0.6) is 0 Å². The molecule has 7 heteroatoms. The highest BCUT2D eigenvalue weighted by molar-refractivity contribution is 5.94. The van der Waals surface area contributed by atoms with Crippen molar-refractivity contribution in [3.8, 4) is 0 Å². The highest BCUT2D eigenvalue weighted by atomic mass is 19.2. The molecular formula is C19H19F3N2O2. The molecule has 1 atom stereocenters. The Labute approximate surface area is 149 Å². The smallest absolute Gasteiger partial charge is 0.254 e. The molecule has 2 aromatic rings. The monoisotopic (exact) mass is 364 g/mol. The van der Waals surface area contributed by atoms with Gasteiger partial charge in [-0.2, -0.15) is 0 Å². The number of benzene rings is 2. The van der Waals surface area contributed by atoms with Crippen LogP contribution in [0.1, 0.15) is 35.8 Å². The third-order valence-corrected chi connectivity index (χ3v) is 4.07. The van der Waals surface area contributed by atoms with Gasteiger partial charge in [0.15, 0.2) is 17.5 Å². The molecule has 4 nitrogen and oxygen atoms in total. The maximum absolute atomic E-state index is 13.6. The summed E-state index contributed by atoms with van der Waals surface area (Å²) in [7, 11) is 0. The predicted octanol–water partition coefficient (Wildman–Crippen LogP) is 3.44. The van der Waals surface area contributed by atoms with E-state index < -0.39 is 28.9 Å². The van der Waals surface area contributed by atoms with E-state index in [4.69, 9.17) is 0 Å². The Hall–Kier alpha value is -2.83. The first kappa shape index (κ1) is 19.5. The first-order chi connectivity index (χ1) is 12.3. The molecule has 0 saturated carbocycles. The summed E-state index contributed by atoms with van der Waals surface area (Å²) < 4.78 is 39.8. The maximum atomic E-state index is 13.6. The molecule has 0 heterocycles. The Morgan fingerprint density at radius 1 is 1.04 bits per heavy atom. The Bertz CT molecular complexity index is 797. The minimum absolute atomic E-state index is 0.0357. The van der Waals surface area contributed by atoms with Gasteiger partial charge >= 0.3 is 0 Å². The van der Waals surface area contributed by atoms with Gasteiger partial charge in [-0.25, -0.2) is 13.2 Å². The van der Waals surface area contributed by atoms with E-state index in [1.165, 1.54) is 6.92 Å². The topological polar surface area (TPSA) is 49.4 Å². The standard InChI is InChI=1S/C19H19F3N2O2/c1-12(14-6-4-3-5-7-14)24(13(2)25)11-10-23-19(26)15-8-9-16(20)18(22)17(15)21/h3-9,12H,10-11H2,1-2H3,(H,23,26). The van der Waals surface area contributed by atoms with Gasteiger partial charge in [-0.1, -0.05) is 30.3 Å². The summed E-state index contributed by atoms with van der Waals surface area (Å²) in [6.07, 6.45) is 0. The summed E-state index contributed by atoms with van der Waals surface area (Å²) in [5.74, 6) is -5.66. The molecule has 1 N–H and O–H groups in total. The first-order valence-corrected chi connectivity index (χ1v) is 8.06. The van der Waals surface area contributed by atoms with E-state index in [1.54, 1.807) is 4.90 Å². The highest BCUT2D eigenvalue weighted by Crippen LogP contribution is 2.19. The third kappa shape index (κ3) is 4.41. The van der Waals surface area contributed by atoms with Crippen LogP contribution < -0.4 is 5.32 Å². The second-order valence-electron chi connectivity index (χ2n) is 5.78. The van der Waals surface area contributed by atoms with E-state index in [1.807, 2.05) is 37.3 Å². The summed E-state index contributed by atoms with van der Waals surface area (Å²) >= 11 is 0. The molecule has 0 fully saturated rings. The van der Waals surface area contributed by atoms with Crippen LogP contribution in [0.15, 0.2) is 42.5 Å². The molecule has 0 radical (unpaired) electrons. The fraction of sp³-hybridized carbons (Fsp3) is 0.263. The molecule has 2 amide bonds. The van der Waals surface area contributed by atoms with Gasteiger partial charge in [0, 0.05) is 20.0 Å². The van der Waals surface area contributed by atoms with Crippen LogP contribution >= 0.6 is 0 Å². The lowest BCUT2D eigenvalue weighted by Gasteiger charge is -2.28. The van der Waals surface area contributed by atoms with Gasteiger partial charge in [-0.3, -0.25) is 9.59 Å². The van der Waals surface area contributed by atoms with Crippen molar-refractivity contribution >= 4 is 11.8 Å². The lowest BCUT2D eigenvalue weighted by Crippen LogP contribution is -2.39. The van der Waals surface area contributed by atoms with Gasteiger partial charge in [-0.05, 0) is 24.6 Å². The van der Waals surface area contributed by atoms with Crippen molar-refractivity contribution in [2.24, 2.45) is 0 Å². The van der Waals surface area contributed by atoms with Crippen LogP contribution in [-0.4, -0.2) is 29.8 Å². The third-order valence-electron chi connectivity index (χ3n) is 4.07.